The van der Waals surface area contributed by atoms with Gasteiger partial charge in [-0.2, -0.15) is 4.74 Å². The van der Waals surface area contributed by atoms with Crippen LogP contribution >= 0.6 is 0 Å². The number of rotatable bonds is 2. The Bertz CT molecular complexity index is 246. The number of nitrogens with zero attached hydrogens (tertiary/aromatic N) is 1. The van der Waals surface area contributed by atoms with Gasteiger partial charge in [-0.3, -0.25) is 0 Å². The summed E-state index contributed by atoms with van der Waals surface area (Å²) in [7, 11) is 0. The van der Waals surface area contributed by atoms with E-state index in [2.05, 4.69) is 0 Å². The Morgan fingerprint density at radius 3 is 2.55 bits per heavy atom. The Hall–Kier alpha value is -1.38. The minimum atomic E-state index is 0.0208. The Labute approximate surface area is 64.2 Å². The second-order valence-corrected chi connectivity index (χ2v) is 2.16. The normalized spacial score (nSPS) is 11.5. The van der Waals surface area contributed by atoms with Crippen LogP contribution < -0.4 is 0 Å². The summed E-state index contributed by atoms with van der Waals surface area (Å²) in [6, 6.07) is 9.00. The maximum absolute atomic E-state index is 11.6. The molecule has 0 aliphatic heterocycles. The maximum atomic E-state index is 11.6. The summed E-state index contributed by atoms with van der Waals surface area (Å²) in [5.74, 6) is 0. The van der Waals surface area contributed by atoms with Crippen molar-refractivity contribution in [2.24, 2.45) is 0 Å². The van der Waals surface area contributed by atoms with E-state index >= 15 is 0 Å². The van der Waals surface area contributed by atoms with Gasteiger partial charge in [0.1, 0.15) is 0 Å². The average molecular weight is 153 g/mol. The quantitative estimate of drug-likeness (QED) is 0.275. The molecule has 0 saturated heterocycles. The monoisotopic (exact) mass is 153 g/mol. The summed E-state index contributed by atoms with van der Waals surface area (Å²) >= 11 is 0. The molecule has 58 valence electrons. The van der Waals surface area contributed by atoms with Crippen molar-refractivity contribution in [2.45, 2.75) is 6.54 Å². The van der Waals surface area contributed by atoms with Crippen molar-refractivity contribution in [3.05, 3.63) is 41.1 Å². The summed E-state index contributed by atoms with van der Waals surface area (Å²) in [5.41, 5.74) is 0.802. The molecular weight excluding hydrogens is 145 g/mol. The van der Waals surface area contributed by atoms with Gasteiger partial charge in [-0.25, -0.2) is 0 Å². The molecule has 0 bridgehead atoms. The van der Waals surface area contributed by atoms with Gasteiger partial charge in [0.05, 0.1) is 0 Å². The summed E-state index contributed by atoms with van der Waals surface area (Å²) in [6.07, 6.45) is 0. The molecule has 0 spiro atoms. The number of hydroxylamine groups is 1. The van der Waals surface area contributed by atoms with E-state index in [9.17, 15) is 9.60 Å². The molecule has 0 radical (unpaired) electrons. The standard InChI is InChI=1S/C8H8FNO/c9-7-10(11)6-8-4-2-1-3-5-8/h1-5,7H,6H2. The predicted molar refractivity (Wildman–Crippen MR) is 40.9 cm³/mol. The topological polar surface area (TPSA) is 26.1 Å². The van der Waals surface area contributed by atoms with E-state index in [0.717, 1.165) is 5.56 Å². The number of halogens is 1. The van der Waals surface area contributed by atoms with E-state index in [-0.39, 0.29) is 17.8 Å². The van der Waals surface area contributed by atoms with E-state index in [4.69, 9.17) is 0 Å². The van der Waals surface area contributed by atoms with Crippen LogP contribution in [0.2, 0.25) is 0 Å². The van der Waals surface area contributed by atoms with Crippen molar-refractivity contribution in [3.8, 4) is 0 Å². The molecule has 0 heterocycles. The first-order chi connectivity index (χ1) is 5.33. The van der Waals surface area contributed by atoms with E-state index < -0.39 is 0 Å². The lowest BCUT2D eigenvalue weighted by atomic mass is 10.2. The highest BCUT2D eigenvalue weighted by Crippen LogP contribution is 1.98. The lowest BCUT2D eigenvalue weighted by Crippen LogP contribution is -2.01. The van der Waals surface area contributed by atoms with Gasteiger partial charge in [-0.1, -0.05) is 30.3 Å². The van der Waals surface area contributed by atoms with Crippen LogP contribution in [0.5, 0.6) is 0 Å². The van der Waals surface area contributed by atoms with Crippen LogP contribution in [-0.2, 0) is 6.54 Å². The molecule has 0 unspecified atom stereocenters. The first-order valence-electron chi connectivity index (χ1n) is 3.24. The Morgan fingerprint density at radius 1 is 1.36 bits per heavy atom. The van der Waals surface area contributed by atoms with Crippen LogP contribution in [0.25, 0.3) is 0 Å². The van der Waals surface area contributed by atoms with Crippen LogP contribution in [0.4, 0.5) is 4.39 Å². The predicted octanol–water partition coefficient (Wildman–Crippen LogP) is 1.69. The number of hydrogen-bond donors (Lipinski definition) is 0. The molecule has 3 heteroatoms. The van der Waals surface area contributed by atoms with Crippen molar-refractivity contribution in [3.63, 3.8) is 0 Å². The first kappa shape index (κ1) is 7.72. The van der Waals surface area contributed by atoms with Crippen LogP contribution in [0.1, 0.15) is 5.56 Å². The van der Waals surface area contributed by atoms with Gasteiger partial charge >= 0.3 is 6.47 Å². The molecule has 11 heavy (non-hydrogen) atoms. The minimum Gasteiger partial charge on any atom is -0.622 e. The summed E-state index contributed by atoms with van der Waals surface area (Å²) < 4.78 is 11.8. The highest BCUT2D eigenvalue weighted by molar-refractivity contribution is 5.37. The second-order valence-electron chi connectivity index (χ2n) is 2.16. The van der Waals surface area contributed by atoms with Gasteiger partial charge in [0.2, 0.25) is 0 Å². The molecule has 0 saturated carbocycles. The summed E-state index contributed by atoms with van der Waals surface area (Å²) in [5, 5.41) is 10.5. The van der Waals surface area contributed by atoms with Gasteiger partial charge in [0, 0.05) is 5.56 Å². The molecule has 1 aromatic rings. The SMILES string of the molecule is [O-][N+](=CF)Cc1ccccc1. The first-order valence-corrected chi connectivity index (χ1v) is 3.24. The molecule has 2 nitrogen and oxygen atoms in total. The van der Waals surface area contributed by atoms with Crippen molar-refractivity contribution >= 4 is 6.47 Å². The molecule has 0 N–H and O–H groups in total. The smallest absolute Gasteiger partial charge is 0.328 e. The zero-order valence-electron chi connectivity index (χ0n) is 5.90. The lowest BCUT2D eigenvalue weighted by molar-refractivity contribution is -0.475. The van der Waals surface area contributed by atoms with Gasteiger partial charge in [-0.05, 0) is 0 Å². The Kier molecular flexibility index (Phi) is 2.60. The average Bonchev–Trinajstić information content (AvgIpc) is 2.06. The van der Waals surface area contributed by atoms with Crippen LogP contribution in [0.15, 0.2) is 30.3 Å². The zero-order valence-corrected chi connectivity index (χ0v) is 5.90. The molecule has 0 amide bonds. The van der Waals surface area contributed by atoms with Crippen molar-refractivity contribution in [1.29, 1.82) is 0 Å². The molecule has 0 fully saturated rings. The largest absolute Gasteiger partial charge is 0.622 e. The van der Waals surface area contributed by atoms with E-state index in [1.807, 2.05) is 6.07 Å². The molecule has 1 aromatic carbocycles. The van der Waals surface area contributed by atoms with Gasteiger partial charge in [0.25, 0.3) is 0 Å². The Morgan fingerprint density at radius 2 is 2.00 bits per heavy atom. The third-order valence-electron chi connectivity index (χ3n) is 1.29. The third kappa shape index (κ3) is 2.37. The van der Waals surface area contributed by atoms with Gasteiger partial charge in [-0.15, -0.1) is 4.39 Å². The van der Waals surface area contributed by atoms with E-state index in [0.29, 0.717) is 0 Å². The number of hydrogen-bond acceptors (Lipinski definition) is 1. The molecular formula is C8H8FNO. The van der Waals surface area contributed by atoms with Gasteiger partial charge in [0.15, 0.2) is 6.54 Å². The molecule has 0 aromatic heterocycles. The minimum absolute atomic E-state index is 0.0208. The third-order valence-corrected chi connectivity index (χ3v) is 1.29. The molecule has 0 aliphatic carbocycles. The van der Waals surface area contributed by atoms with Crippen molar-refractivity contribution in [1.82, 2.24) is 0 Å². The number of benzene rings is 1. The van der Waals surface area contributed by atoms with E-state index in [1.54, 1.807) is 24.3 Å². The van der Waals surface area contributed by atoms with Crippen LogP contribution in [-0.4, -0.2) is 11.2 Å². The highest BCUT2D eigenvalue weighted by atomic mass is 19.1. The van der Waals surface area contributed by atoms with Crippen molar-refractivity contribution in [2.75, 3.05) is 0 Å². The second kappa shape index (κ2) is 3.71. The molecule has 0 aliphatic rings. The Balaban J connectivity index is 2.65. The van der Waals surface area contributed by atoms with E-state index in [1.165, 1.54) is 0 Å². The molecule has 1 rings (SSSR count). The highest BCUT2D eigenvalue weighted by Gasteiger charge is 1.94. The fraction of sp³-hybridized carbons (Fsp3) is 0.125. The van der Waals surface area contributed by atoms with Crippen LogP contribution in [0.3, 0.4) is 0 Å². The van der Waals surface area contributed by atoms with Crippen LogP contribution in [0, 0.1) is 5.21 Å². The maximum Gasteiger partial charge on any atom is 0.328 e. The van der Waals surface area contributed by atoms with Gasteiger partial charge < -0.3 is 5.21 Å². The lowest BCUT2D eigenvalue weighted by Gasteiger charge is -2.00. The summed E-state index contributed by atoms with van der Waals surface area (Å²) in [6.45, 7) is 0.0876. The fourth-order valence-corrected chi connectivity index (χ4v) is 0.798. The fourth-order valence-electron chi connectivity index (χ4n) is 0.798. The zero-order chi connectivity index (χ0) is 8.10. The summed E-state index contributed by atoms with van der Waals surface area (Å²) in [4.78, 5) is 0. The molecule has 0 atom stereocenters. The van der Waals surface area contributed by atoms with Crippen molar-refractivity contribution < 1.29 is 9.13 Å².